The van der Waals surface area contributed by atoms with Crippen LogP contribution in [0, 0.1) is 0 Å². The number of hydrogen-bond donors (Lipinski definition) is 0. The minimum atomic E-state index is -0.437. The van der Waals surface area contributed by atoms with Crippen molar-refractivity contribution in [3.8, 4) is 0 Å². The lowest BCUT2D eigenvalue weighted by Crippen LogP contribution is -2.38. The van der Waals surface area contributed by atoms with E-state index in [2.05, 4.69) is 6.92 Å². The van der Waals surface area contributed by atoms with Crippen LogP contribution in [0.3, 0.4) is 0 Å². The maximum atomic E-state index is 11.2. The molecular weight excluding hydrogens is 300 g/mol. The van der Waals surface area contributed by atoms with E-state index in [-0.39, 0.29) is 37.4 Å². The minimum absolute atomic E-state index is 0.119. The van der Waals surface area contributed by atoms with Crippen LogP contribution in [0.5, 0.6) is 0 Å². The average Bonchev–Trinajstić information content (AvgIpc) is 2.85. The highest BCUT2D eigenvalue weighted by molar-refractivity contribution is 5.66. The van der Waals surface area contributed by atoms with E-state index in [4.69, 9.17) is 18.9 Å². The molecule has 3 atom stereocenters. The second-order valence-corrected chi connectivity index (χ2v) is 5.93. The molecule has 0 spiro atoms. The fourth-order valence-electron chi connectivity index (χ4n) is 2.62. The van der Waals surface area contributed by atoms with Crippen LogP contribution < -0.4 is 0 Å². The number of carbonyl (C=O) groups excluding carboxylic acids is 2. The standard InChI is InChI=1S/C17H30O6/c1-4-5-6-7-8-9-10-20-17-15(11-21-13(2)18)22-12-16(17)23-14(3)19/h15-17H,4-12H2,1-3H3/t15-,16+,17+/m1/s1. The third-order valence-electron chi connectivity index (χ3n) is 3.78. The van der Waals surface area contributed by atoms with Crippen molar-refractivity contribution in [2.45, 2.75) is 77.6 Å². The van der Waals surface area contributed by atoms with Gasteiger partial charge in [0.15, 0.2) is 6.10 Å². The summed E-state index contributed by atoms with van der Waals surface area (Å²) in [6.07, 6.45) is 5.86. The molecule has 0 N–H and O–H groups in total. The highest BCUT2D eigenvalue weighted by Gasteiger charge is 2.40. The van der Waals surface area contributed by atoms with Crippen molar-refractivity contribution in [2.75, 3.05) is 19.8 Å². The van der Waals surface area contributed by atoms with E-state index in [1.807, 2.05) is 0 Å². The summed E-state index contributed by atoms with van der Waals surface area (Å²) in [5.74, 6) is -0.723. The van der Waals surface area contributed by atoms with Crippen molar-refractivity contribution in [1.82, 2.24) is 0 Å². The topological polar surface area (TPSA) is 71.1 Å². The monoisotopic (exact) mass is 330 g/mol. The van der Waals surface area contributed by atoms with Crippen molar-refractivity contribution < 1.29 is 28.5 Å². The van der Waals surface area contributed by atoms with Crippen LogP contribution in [0.25, 0.3) is 0 Å². The normalized spacial score (nSPS) is 23.7. The fourth-order valence-corrected chi connectivity index (χ4v) is 2.62. The average molecular weight is 330 g/mol. The van der Waals surface area contributed by atoms with Gasteiger partial charge in [-0.3, -0.25) is 9.59 Å². The summed E-state index contributed by atoms with van der Waals surface area (Å²) in [5.41, 5.74) is 0. The third kappa shape index (κ3) is 8.32. The molecule has 0 bridgehead atoms. The second kappa shape index (κ2) is 11.4. The Kier molecular flexibility index (Phi) is 9.87. The maximum Gasteiger partial charge on any atom is 0.303 e. The number of carbonyl (C=O) groups is 2. The zero-order valence-electron chi connectivity index (χ0n) is 14.5. The molecule has 0 aromatic carbocycles. The number of rotatable bonds is 11. The lowest BCUT2D eigenvalue weighted by Gasteiger charge is -2.22. The molecule has 0 aromatic heterocycles. The first-order chi connectivity index (χ1) is 11.0. The molecule has 134 valence electrons. The van der Waals surface area contributed by atoms with E-state index < -0.39 is 6.10 Å². The number of hydrogen-bond acceptors (Lipinski definition) is 6. The van der Waals surface area contributed by atoms with Crippen LogP contribution in [0.4, 0.5) is 0 Å². The van der Waals surface area contributed by atoms with Gasteiger partial charge in [0.2, 0.25) is 0 Å². The smallest absolute Gasteiger partial charge is 0.303 e. The lowest BCUT2D eigenvalue weighted by molar-refractivity contribution is -0.154. The van der Waals surface area contributed by atoms with Crippen LogP contribution in [-0.2, 0) is 28.5 Å². The second-order valence-electron chi connectivity index (χ2n) is 5.93. The molecule has 1 saturated heterocycles. The van der Waals surface area contributed by atoms with Gasteiger partial charge in [0.05, 0.1) is 6.61 Å². The quantitative estimate of drug-likeness (QED) is 0.428. The zero-order valence-corrected chi connectivity index (χ0v) is 14.5. The van der Waals surface area contributed by atoms with E-state index in [1.165, 1.54) is 39.5 Å². The molecule has 6 heteroatoms. The first-order valence-electron chi connectivity index (χ1n) is 8.58. The Balaban J connectivity index is 2.35. The van der Waals surface area contributed by atoms with Gasteiger partial charge in [0.25, 0.3) is 0 Å². The predicted octanol–water partition coefficient (Wildman–Crippen LogP) is 2.63. The summed E-state index contributed by atoms with van der Waals surface area (Å²) >= 11 is 0. The number of unbranched alkanes of at least 4 members (excludes halogenated alkanes) is 5. The molecule has 23 heavy (non-hydrogen) atoms. The summed E-state index contributed by atoms with van der Waals surface area (Å²) < 4.78 is 21.7. The Bertz CT molecular complexity index is 357. The Labute approximate surface area is 138 Å². The molecule has 1 aliphatic rings. The number of ether oxygens (including phenoxy) is 4. The molecular formula is C17H30O6. The lowest BCUT2D eigenvalue weighted by atomic mass is 10.1. The summed E-state index contributed by atoms with van der Waals surface area (Å²) in [6, 6.07) is 0. The van der Waals surface area contributed by atoms with Crippen molar-refractivity contribution in [3.05, 3.63) is 0 Å². The predicted molar refractivity (Wildman–Crippen MR) is 85.0 cm³/mol. The molecule has 0 saturated carbocycles. The van der Waals surface area contributed by atoms with Gasteiger partial charge >= 0.3 is 11.9 Å². The van der Waals surface area contributed by atoms with E-state index in [0.29, 0.717) is 6.61 Å². The van der Waals surface area contributed by atoms with Crippen molar-refractivity contribution in [1.29, 1.82) is 0 Å². The van der Waals surface area contributed by atoms with Crippen LogP contribution in [-0.4, -0.2) is 50.1 Å². The Hall–Kier alpha value is -1.14. The van der Waals surface area contributed by atoms with E-state index in [9.17, 15) is 9.59 Å². The Morgan fingerprint density at radius 2 is 1.74 bits per heavy atom. The van der Waals surface area contributed by atoms with Gasteiger partial charge < -0.3 is 18.9 Å². The highest BCUT2D eigenvalue weighted by atomic mass is 16.6. The first kappa shape index (κ1) is 19.9. The van der Waals surface area contributed by atoms with Gasteiger partial charge in [-0.1, -0.05) is 39.0 Å². The van der Waals surface area contributed by atoms with Gasteiger partial charge in [-0.25, -0.2) is 0 Å². The highest BCUT2D eigenvalue weighted by Crippen LogP contribution is 2.22. The molecule has 1 fully saturated rings. The minimum Gasteiger partial charge on any atom is -0.463 e. The number of esters is 2. The molecule has 6 nitrogen and oxygen atoms in total. The van der Waals surface area contributed by atoms with Gasteiger partial charge in [-0.05, 0) is 6.42 Å². The van der Waals surface area contributed by atoms with E-state index in [0.717, 1.165) is 12.8 Å². The maximum absolute atomic E-state index is 11.2. The van der Waals surface area contributed by atoms with Gasteiger partial charge in [0.1, 0.15) is 18.8 Å². The van der Waals surface area contributed by atoms with Gasteiger partial charge in [0, 0.05) is 20.5 Å². The summed E-state index contributed by atoms with van der Waals surface area (Å²) in [7, 11) is 0. The van der Waals surface area contributed by atoms with Crippen LogP contribution >= 0.6 is 0 Å². The SMILES string of the molecule is CCCCCCCCO[C@@H]1[C@@H](OC(C)=O)CO[C@@H]1COC(C)=O. The molecule has 0 aliphatic carbocycles. The molecule has 0 amide bonds. The van der Waals surface area contributed by atoms with Crippen molar-refractivity contribution in [3.63, 3.8) is 0 Å². The van der Waals surface area contributed by atoms with Crippen LogP contribution in [0.15, 0.2) is 0 Å². The third-order valence-corrected chi connectivity index (χ3v) is 3.78. The molecule has 0 radical (unpaired) electrons. The van der Waals surface area contributed by atoms with Crippen molar-refractivity contribution in [2.24, 2.45) is 0 Å². The Morgan fingerprint density at radius 3 is 2.39 bits per heavy atom. The summed E-state index contributed by atoms with van der Waals surface area (Å²) in [4.78, 5) is 22.1. The zero-order chi connectivity index (χ0) is 17.1. The van der Waals surface area contributed by atoms with Crippen LogP contribution in [0.2, 0.25) is 0 Å². The van der Waals surface area contributed by atoms with Crippen LogP contribution in [0.1, 0.15) is 59.3 Å². The summed E-state index contributed by atoms with van der Waals surface area (Å²) in [5, 5.41) is 0. The van der Waals surface area contributed by atoms with Crippen molar-refractivity contribution >= 4 is 11.9 Å². The van der Waals surface area contributed by atoms with Gasteiger partial charge in [-0.15, -0.1) is 0 Å². The molecule has 1 heterocycles. The Morgan fingerprint density at radius 1 is 1.04 bits per heavy atom. The van der Waals surface area contributed by atoms with E-state index in [1.54, 1.807) is 0 Å². The largest absolute Gasteiger partial charge is 0.463 e. The van der Waals surface area contributed by atoms with E-state index >= 15 is 0 Å². The molecule has 0 aromatic rings. The summed E-state index contributed by atoms with van der Waals surface area (Å²) in [6.45, 7) is 5.89. The molecule has 0 unspecified atom stereocenters. The molecule has 1 rings (SSSR count). The molecule has 1 aliphatic heterocycles. The fraction of sp³-hybridized carbons (Fsp3) is 0.882. The van der Waals surface area contributed by atoms with Gasteiger partial charge in [-0.2, -0.15) is 0 Å². The first-order valence-corrected chi connectivity index (χ1v) is 8.58.